The molecular formula is C15H22ClN5. The molecule has 0 radical (unpaired) electrons. The van der Waals surface area contributed by atoms with Gasteiger partial charge in [0.2, 0.25) is 0 Å². The molecule has 2 aromatic rings. The lowest BCUT2D eigenvalue weighted by atomic mass is 10.2. The average molecular weight is 308 g/mol. The van der Waals surface area contributed by atoms with Gasteiger partial charge in [-0.05, 0) is 32.2 Å². The van der Waals surface area contributed by atoms with Crippen molar-refractivity contribution in [1.82, 2.24) is 24.6 Å². The van der Waals surface area contributed by atoms with E-state index in [1.54, 1.807) is 0 Å². The number of imidazole rings is 1. The molecule has 3 heterocycles. The zero-order valence-electron chi connectivity index (χ0n) is 12.1. The van der Waals surface area contributed by atoms with E-state index in [1.165, 1.54) is 44.5 Å². The Hall–Kier alpha value is -1.17. The second-order valence-corrected chi connectivity index (χ2v) is 6.01. The summed E-state index contributed by atoms with van der Waals surface area (Å²) in [6.45, 7) is 3.35. The molecule has 1 aliphatic carbocycles. The van der Waals surface area contributed by atoms with Gasteiger partial charge in [0.25, 0.3) is 0 Å². The molecule has 1 saturated carbocycles. The third-order valence-electron chi connectivity index (χ3n) is 4.44. The minimum Gasteiger partial charge on any atom is -0.313 e. The second-order valence-electron chi connectivity index (χ2n) is 6.01. The van der Waals surface area contributed by atoms with Gasteiger partial charge in [-0.3, -0.25) is 14.3 Å². The smallest absolute Gasteiger partial charge is 0.155 e. The molecule has 2 aliphatic rings. The van der Waals surface area contributed by atoms with Gasteiger partial charge in [-0.1, -0.05) is 0 Å². The molecule has 1 unspecified atom stereocenters. The predicted molar refractivity (Wildman–Crippen MR) is 84.7 cm³/mol. The van der Waals surface area contributed by atoms with Gasteiger partial charge in [-0.25, -0.2) is 4.98 Å². The van der Waals surface area contributed by atoms with E-state index in [9.17, 15) is 0 Å². The highest BCUT2D eigenvalue weighted by Gasteiger charge is 2.31. The average Bonchev–Trinajstić information content (AvgIpc) is 3.05. The van der Waals surface area contributed by atoms with Gasteiger partial charge in [0.05, 0.1) is 18.1 Å². The monoisotopic (exact) mass is 307 g/mol. The van der Waals surface area contributed by atoms with Crippen molar-refractivity contribution in [3.63, 3.8) is 0 Å². The summed E-state index contributed by atoms with van der Waals surface area (Å²) in [4.78, 5) is 11.2. The number of fused-ring (bicyclic) bond motifs is 1. The number of nitrogens with one attached hydrogen (secondary N) is 1. The molecule has 114 valence electrons. The summed E-state index contributed by atoms with van der Waals surface area (Å²) in [7, 11) is 0. The number of nitrogens with zero attached hydrogens (tertiary/aromatic N) is 4. The molecule has 0 spiro atoms. The summed E-state index contributed by atoms with van der Waals surface area (Å²) >= 11 is 0. The summed E-state index contributed by atoms with van der Waals surface area (Å²) in [6, 6.07) is 1.46. The maximum absolute atomic E-state index is 4.44. The Bertz CT molecular complexity index is 589. The highest BCUT2D eigenvalue weighted by molar-refractivity contribution is 5.85. The van der Waals surface area contributed by atoms with Crippen molar-refractivity contribution in [1.29, 1.82) is 0 Å². The molecule has 1 aliphatic heterocycles. The third kappa shape index (κ3) is 3.20. The Morgan fingerprint density at radius 1 is 1.29 bits per heavy atom. The molecule has 1 atom stereocenters. The van der Waals surface area contributed by atoms with Crippen LogP contribution in [0.25, 0.3) is 5.65 Å². The van der Waals surface area contributed by atoms with Crippen LogP contribution in [0.1, 0.15) is 31.4 Å². The first kappa shape index (κ1) is 14.8. The lowest BCUT2D eigenvalue weighted by molar-refractivity contribution is 0.228. The number of halogens is 1. The van der Waals surface area contributed by atoms with Crippen LogP contribution in [-0.4, -0.2) is 44.4 Å². The van der Waals surface area contributed by atoms with Gasteiger partial charge in [-0.15, -0.1) is 12.4 Å². The van der Waals surface area contributed by atoms with Crippen LogP contribution in [0.2, 0.25) is 0 Å². The van der Waals surface area contributed by atoms with E-state index < -0.39 is 0 Å². The quantitative estimate of drug-likeness (QED) is 0.916. The fourth-order valence-electron chi connectivity index (χ4n) is 3.20. The molecule has 2 aromatic heterocycles. The van der Waals surface area contributed by atoms with E-state index in [0.29, 0.717) is 6.04 Å². The Balaban J connectivity index is 0.00000132. The standard InChI is InChI=1S/C15H21N5.ClH/c1-2-12(17-5-1)10-19(13-3-4-13)11-14-8-18-15-9-16-6-7-20(14)15;/h6-9,12-13,17H,1-5,10-11H2;1H. The van der Waals surface area contributed by atoms with Crippen LogP contribution >= 0.6 is 12.4 Å². The molecule has 5 nitrogen and oxygen atoms in total. The maximum Gasteiger partial charge on any atom is 0.155 e. The van der Waals surface area contributed by atoms with E-state index in [-0.39, 0.29) is 12.4 Å². The van der Waals surface area contributed by atoms with Crippen molar-refractivity contribution in [3.05, 3.63) is 30.5 Å². The van der Waals surface area contributed by atoms with Crippen molar-refractivity contribution >= 4 is 18.1 Å². The van der Waals surface area contributed by atoms with Crippen molar-refractivity contribution in [2.45, 2.75) is 44.3 Å². The first-order chi connectivity index (χ1) is 9.90. The van der Waals surface area contributed by atoms with Crippen LogP contribution in [0.4, 0.5) is 0 Å². The van der Waals surface area contributed by atoms with Gasteiger partial charge < -0.3 is 5.32 Å². The van der Waals surface area contributed by atoms with Gasteiger partial charge >= 0.3 is 0 Å². The van der Waals surface area contributed by atoms with Crippen molar-refractivity contribution < 1.29 is 0 Å². The minimum atomic E-state index is 0. The topological polar surface area (TPSA) is 45.5 Å². The molecule has 4 rings (SSSR count). The Morgan fingerprint density at radius 3 is 2.95 bits per heavy atom. The van der Waals surface area contributed by atoms with Crippen LogP contribution in [-0.2, 0) is 6.54 Å². The van der Waals surface area contributed by atoms with Gasteiger partial charge in [0.1, 0.15) is 0 Å². The first-order valence-electron chi connectivity index (χ1n) is 7.63. The molecule has 0 bridgehead atoms. The lowest BCUT2D eigenvalue weighted by Gasteiger charge is -2.25. The fourth-order valence-corrected chi connectivity index (χ4v) is 3.20. The number of hydrogen-bond acceptors (Lipinski definition) is 4. The molecular weight excluding hydrogens is 286 g/mol. The van der Waals surface area contributed by atoms with E-state index >= 15 is 0 Å². The second kappa shape index (κ2) is 6.30. The van der Waals surface area contributed by atoms with Crippen LogP contribution in [0.15, 0.2) is 24.8 Å². The Kier molecular flexibility index (Phi) is 4.42. The van der Waals surface area contributed by atoms with E-state index in [2.05, 4.69) is 24.6 Å². The molecule has 0 aromatic carbocycles. The van der Waals surface area contributed by atoms with Crippen LogP contribution in [0, 0.1) is 0 Å². The third-order valence-corrected chi connectivity index (χ3v) is 4.44. The van der Waals surface area contributed by atoms with Gasteiger partial charge in [-0.2, -0.15) is 0 Å². The van der Waals surface area contributed by atoms with Crippen LogP contribution < -0.4 is 5.32 Å². The number of hydrogen-bond donors (Lipinski definition) is 1. The number of rotatable bonds is 5. The number of aromatic nitrogens is 3. The largest absolute Gasteiger partial charge is 0.313 e. The zero-order valence-corrected chi connectivity index (χ0v) is 12.9. The molecule has 0 amide bonds. The fraction of sp³-hybridized carbons (Fsp3) is 0.600. The lowest BCUT2D eigenvalue weighted by Crippen LogP contribution is -2.38. The summed E-state index contributed by atoms with van der Waals surface area (Å²) in [5.41, 5.74) is 2.21. The van der Waals surface area contributed by atoms with Gasteiger partial charge in [0, 0.05) is 37.6 Å². The molecule has 1 saturated heterocycles. The molecule has 6 heteroatoms. The van der Waals surface area contributed by atoms with Crippen LogP contribution in [0.3, 0.4) is 0 Å². The normalized spacial score (nSPS) is 21.9. The maximum atomic E-state index is 4.44. The van der Waals surface area contributed by atoms with Gasteiger partial charge in [0.15, 0.2) is 5.65 Å². The van der Waals surface area contributed by atoms with E-state index in [0.717, 1.165) is 18.2 Å². The van der Waals surface area contributed by atoms with Crippen LogP contribution in [0.5, 0.6) is 0 Å². The van der Waals surface area contributed by atoms with E-state index in [4.69, 9.17) is 0 Å². The van der Waals surface area contributed by atoms with Crippen molar-refractivity contribution in [2.75, 3.05) is 13.1 Å². The molecule has 21 heavy (non-hydrogen) atoms. The predicted octanol–water partition coefficient (Wildman–Crippen LogP) is 1.87. The minimum absolute atomic E-state index is 0. The first-order valence-corrected chi connectivity index (χ1v) is 7.63. The highest BCUT2D eigenvalue weighted by Crippen LogP contribution is 2.29. The summed E-state index contributed by atoms with van der Waals surface area (Å²) in [5.74, 6) is 0. The molecule has 1 N–H and O–H groups in total. The Morgan fingerprint density at radius 2 is 2.19 bits per heavy atom. The van der Waals surface area contributed by atoms with Crippen molar-refractivity contribution in [2.24, 2.45) is 0 Å². The van der Waals surface area contributed by atoms with E-state index in [1.807, 2.05) is 24.8 Å². The van der Waals surface area contributed by atoms with Crippen molar-refractivity contribution in [3.8, 4) is 0 Å². The summed E-state index contributed by atoms with van der Waals surface area (Å²) in [6.07, 6.45) is 13.0. The Labute approximate surface area is 131 Å². The SMILES string of the molecule is Cl.c1cn2c(CN(CC3CCCN3)C3CC3)cnc2cn1. The summed E-state index contributed by atoms with van der Waals surface area (Å²) < 4.78 is 2.16. The highest BCUT2D eigenvalue weighted by atomic mass is 35.5. The molecule has 2 fully saturated rings. The summed E-state index contributed by atoms with van der Waals surface area (Å²) in [5, 5.41) is 3.61. The zero-order chi connectivity index (χ0) is 13.4.